The lowest BCUT2D eigenvalue weighted by Crippen LogP contribution is -2.68. The highest BCUT2D eigenvalue weighted by Gasteiger charge is 2.51. The van der Waals surface area contributed by atoms with Crippen molar-refractivity contribution in [1.82, 2.24) is 10.2 Å². The summed E-state index contributed by atoms with van der Waals surface area (Å²) in [6.45, 7) is 3.57. The number of nitrogens with one attached hydrogen (secondary N) is 1. The molecule has 0 saturated carbocycles. The molecule has 3 rings (SSSR count). The summed E-state index contributed by atoms with van der Waals surface area (Å²) in [5.41, 5.74) is 6.02. The van der Waals surface area contributed by atoms with Gasteiger partial charge in [0, 0.05) is 18.8 Å². The van der Waals surface area contributed by atoms with Gasteiger partial charge in [-0.15, -0.1) is 0 Å². The van der Waals surface area contributed by atoms with Crippen molar-refractivity contribution in [2.75, 3.05) is 23.6 Å². The van der Waals surface area contributed by atoms with Crippen LogP contribution in [0.25, 0.3) is 0 Å². The summed E-state index contributed by atoms with van der Waals surface area (Å²) in [5, 5.41) is 19.6. The SMILES string of the molecule is C/C=N\N(N)c1sc2c(c1C)C(=O)N([C@]1(N)CNC(=O)C1)C(O)N2C. The van der Waals surface area contributed by atoms with Crippen molar-refractivity contribution in [3.8, 4) is 0 Å². The number of hydrazine groups is 1. The van der Waals surface area contributed by atoms with Gasteiger partial charge in [-0.3, -0.25) is 14.5 Å². The van der Waals surface area contributed by atoms with Crippen molar-refractivity contribution in [3.05, 3.63) is 11.1 Å². The van der Waals surface area contributed by atoms with E-state index in [1.165, 1.54) is 22.7 Å². The van der Waals surface area contributed by atoms with Gasteiger partial charge in [0.2, 0.25) is 12.3 Å². The van der Waals surface area contributed by atoms with E-state index in [9.17, 15) is 14.7 Å². The zero-order valence-corrected chi connectivity index (χ0v) is 15.0. The van der Waals surface area contributed by atoms with Crippen molar-refractivity contribution in [2.24, 2.45) is 16.7 Å². The quantitative estimate of drug-likeness (QED) is 0.308. The maximum absolute atomic E-state index is 13.1. The standard InChI is InChI=1S/C14H21N7O3S/c1-4-18-21(16)11-7(2)9-10(23)20(13(24)19(3)12(9)25-11)14(15)5-8(22)17-6-14/h4,13,24H,5-6,15-16H2,1-3H3,(H,17,22)/b18-4-/t13?,14-/m0/s1. The van der Waals surface area contributed by atoms with E-state index in [2.05, 4.69) is 10.4 Å². The van der Waals surface area contributed by atoms with Crippen LogP contribution in [0.1, 0.15) is 29.3 Å². The van der Waals surface area contributed by atoms with Gasteiger partial charge in [-0.1, -0.05) is 11.3 Å². The lowest BCUT2D eigenvalue weighted by molar-refractivity contribution is -0.120. The molecule has 1 aromatic rings. The lowest BCUT2D eigenvalue weighted by atomic mass is 10.0. The van der Waals surface area contributed by atoms with E-state index in [1.807, 2.05) is 0 Å². The number of hydrazone groups is 1. The fraction of sp³-hybridized carbons (Fsp3) is 0.500. The molecule has 0 spiro atoms. The third-order valence-electron chi connectivity index (χ3n) is 4.42. The van der Waals surface area contributed by atoms with Crippen molar-refractivity contribution < 1.29 is 14.7 Å². The molecule has 1 fully saturated rings. The Morgan fingerprint density at radius 1 is 1.52 bits per heavy atom. The molecular formula is C14H21N7O3S. The maximum atomic E-state index is 13.1. The van der Waals surface area contributed by atoms with E-state index >= 15 is 0 Å². The predicted octanol–water partition coefficient (Wildman–Crippen LogP) is -0.915. The topological polar surface area (TPSA) is 141 Å². The Kier molecular flexibility index (Phi) is 4.19. The van der Waals surface area contributed by atoms with Crippen LogP contribution in [-0.4, -0.2) is 53.6 Å². The second kappa shape index (κ2) is 5.95. The van der Waals surface area contributed by atoms with E-state index in [4.69, 9.17) is 11.6 Å². The number of amides is 2. The molecule has 0 aromatic carbocycles. The number of carbonyl (C=O) groups is 2. The number of nitrogens with zero attached hydrogens (tertiary/aromatic N) is 4. The van der Waals surface area contributed by atoms with E-state index in [0.29, 0.717) is 21.1 Å². The average molecular weight is 367 g/mol. The highest BCUT2D eigenvalue weighted by Crippen LogP contribution is 2.45. The molecule has 0 aliphatic carbocycles. The first-order valence-electron chi connectivity index (χ1n) is 7.68. The number of nitrogens with two attached hydrogens (primary N) is 2. The van der Waals surface area contributed by atoms with Crippen LogP contribution in [0.2, 0.25) is 0 Å². The van der Waals surface area contributed by atoms with Crippen LogP contribution in [-0.2, 0) is 4.79 Å². The van der Waals surface area contributed by atoms with Gasteiger partial charge >= 0.3 is 0 Å². The van der Waals surface area contributed by atoms with E-state index in [1.54, 1.807) is 25.8 Å². The number of thiophene rings is 1. The minimum absolute atomic E-state index is 0.0713. The normalized spacial score (nSPS) is 26.4. The molecule has 0 bridgehead atoms. The number of rotatable bonds is 3. The number of hydrogen-bond acceptors (Lipinski definition) is 9. The van der Waals surface area contributed by atoms with Gasteiger partial charge in [-0.05, 0) is 13.8 Å². The third kappa shape index (κ3) is 2.56. The molecular weight excluding hydrogens is 346 g/mol. The fourth-order valence-corrected chi connectivity index (χ4v) is 4.30. The Hall–Kier alpha value is -2.21. The summed E-state index contributed by atoms with van der Waals surface area (Å²) in [5.74, 6) is 5.21. The van der Waals surface area contributed by atoms with E-state index in [-0.39, 0.29) is 18.9 Å². The third-order valence-corrected chi connectivity index (χ3v) is 5.79. The van der Waals surface area contributed by atoms with Crippen molar-refractivity contribution in [2.45, 2.75) is 32.3 Å². The monoisotopic (exact) mass is 367 g/mol. The second-order valence-electron chi connectivity index (χ2n) is 6.12. The molecule has 136 valence electrons. The minimum atomic E-state index is -1.29. The molecule has 2 atom stereocenters. The summed E-state index contributed by atoms with van der Waals surface area (Å²) >= 11 is 1.25. The average Bonchev–Trinajstić information content (AvgIpc) is 3.06. The molecule has 25 heavy (non-hydrogen) atoms. The number of aliphatic hydroxyl groups excluding tert-OH is 1. The molecule has 6 N–H and O–H groups in total. The van der Waals surface area contributed by atoms with Gasteiger partial charge in [-0.25, -0.2) is 5.84 Å². The molecule has 2 aliphatic rings. The van der Waals surface area contributed by atoms with Crippen LogP contribution in [0.3, 0.4) is 0 Å². The number of fused-ring (bicyclic) bond motifs is 1. The summed E-state index contributed by atoms with van der Waals surface area (Å²) in [6.07, 6.45) is 0.178. The Balaban J connectivity index is 2.08. The molecule has 3 heterocycles. The molecule has 1 unspecified atom stereocenters. The van der Waals surface area contributed by atoms with Gasteiger partial charge in [0.1, 0.15) is 15.7 Å². The fourth-order valence-electron chi connectivity index (χ4n) is 3.14. The maximum Gasteiger partial charge on any atom is 0.262 e. The summed E-state index contributed by atoms with van der Waals surface area (Å²) in [6, 6.07) is 0. The van der Waals surface area contributed by atoms with Gasteiger partial charge in [0.25, 0.3) is 5.91 Å². The highest BCUT2D eigenvalue weighted by atomic mass is 32.1. The molecule has 11 heteroatoms. The van der Waals surface area contributed by atoms with Crippen LogP contribution in [0, 0.1) is 6.92 Å². The smallest absolute Gasteiger partial charge is 0.262 e. The number of aliphatic hydroxyl groups is 1. The van der Waals surface area contributed by atoms with Crippen molar-refractivity contribution in [3.63, 3.8) is 0 Å². The summed E-state index contributed by atoms with van der Waals surface area (Å²) in [4.78, 5) is 27.4. The Morgan fingerprint density at radius 3 is 2.76 bits per heavy atom. The first-order valence-corrected chi connectivity index (χ1v) is 8.50. The number of carbonyl (C=O) groups excluding carboxylic acids is 2. The number of hydrogen-bond donors (Lipinski definition) is 4. The zero-order valence-electron chi connectivity index (χ0n) is 14.2. The Morgan fingerprint density at radius 2 is 2.20 bits per heavy atom. The molecule has 0 radical (unpaired) electrons. The minimum Gasteiger partial charge on any atom is -0.356 e. The molecule has 10 nitrogen and oxygen atoms in total. The Labute approximate surface area is 148 Å². The molecule has 2 aliphatic heterocycles. The van der Waals surface area contributed by atoms with Crippen LogP contribution in [0.15, 0.2) is 5.10 Å². The highest BCUT2D eigenvalue weighted by molar-refractivity contribution is 7.20. The molecule has 1 saturated heterocycles. The van der Waals surface area contributed by atoms with E-state index in [0.717, 1.165) is 4.90 Å². The van der Waals surface area contributed by atoms with Crippen molar-refractivity contribution in [1.29, 1.82) is 0 Å². The lowest BCUT2D eigenvalue weighted by Gasteiger charge is -2.46. The van der Waals surface area contributed by atoms with Crippen LogP contribution in [0.5, 0.6) is 0 Å². The number of anilines is 2. The van der Waals surface area contributed by atoms with Gasteiger partial charge < -0.3 is 21.1 Å². The van der Waals surface area contributed by atoms with Gasteiger partial charge in [0.05, 0.1) is 18.5 Å². The first-order chi connectivity index (χ1) is 11.7. The van der Waals surface area contributed by atoms with Crippen molar-refractivity contribution >= 4 is 39.4 Å². The van der Waals surface area contributed by atoms with Crippen LogP contribution < -0.4 is 26.9 Å². The van der Waals surface area contributed by atoms with Crippen LogP contribution >= 0.6 is 11.3 Å². The van der Waals surface area contributed by atoms with Gasteiger partial charge in [-0.2, -0.15) is 10.2 Å². The summed E-state index contributed by atoms with van der Waals surface area (Å²) in [7, 11) is 1.65. The summed E-state index contributed by atoms with van der Waals surface area (Å²) < 4.78 is 0. The van der Waals surface area contributed by atoms with Crippen LogP contribution in [0.4, 0.5) is 10.0 Å². The van der Waals surface area contributed by atoms with E-state index < -0.39 is 17.9 Å². The molecule has 1 aromatic heterocycles. The molecule has 2 amide bonds. The first kappa shape index (κ1) is 17.6. The zero-order chi connectivity index (χ0) is 18.5. The Bertz CT molecular complexity index is 764. The largest absolute Gasteiger partial charge is 0.356 e. The second-order valence-corrected chi connectivity index (χ2v) is 7.10. The predicted molar refractivity (Wildman–Crippen MR) is 95.0 cm³/mol. The van der Waals surface area contributed by atoms with Gasteiger partial charge in [0.15, 0.2) is 0 Å².